The number of amides is 1. The number of carbonyl (C=O) groups excluding carboxylic acids is 1. The highest BCUT2D eigenvalue weighted by Gasteiger charge is 2.28. The van der Waals surface area contributed by atoms with E-state index in [1.54, 1.807) is 18.2 Å². The quantitative estimate of drug-likeness (QED) is 0.513. The number of hydrogen-bond acceptors (Lipinski definition) is 6. The Bertz CT molecular complexity index is 1320. The molecular weight excluding hydrogens is 490 g/mol. The van der Waals surface area contributed by atoms with E-state index in [1.807, 2.05) is 54.6 Å². The summed E-state index contributed by atoms with van der Waals surface area (Å²) in [4.78, 5) is 15.4. The van der Waals surface area contributed by atoms with Crippen LogP contribution in [0.1, 0.15) is 5.56 Å². The average molecular weight is 522 g/mol. The largest absolute Gasteiger partial charge is 0.379 e. The van der Waals surface area contributed by atoms with Crippen molar-refractivity contribution in [2.75, 3.05) is 62.8 Å². The lowest BCUT2D eigenvalue weighted by Gasteiger charge is -2.31. The fourth-order valence-electron chi connectivity index (χ4n) is 4.62. The number of ether oxygens (including phenoxy) is 2. The second-order valence-electron chi connectivity index (χ2n) is 9.08. The van der Waals surface area contributed by atoms with E-state index in [2.05, 4.69) is 10.2 Å². The molecule has 3 aromatic carbocycles. The molecule has 2 fully saturated rings. The Morgan fingerprint density at radius 2 is 1.41 bits per heavy atom. The Kier molecular flexibility index (Phi) is 7.85. The maximum atomic E-state index is 13.3. The molecule has 1 N–H and O–H groups in total. The molecule has 2 heterocycles. The topological polar surface area (TPSA) is 88.2 Å². The first-order chi connectivity index (χ1) is 18.0. The molecule has 9 heteroatoms. The molecule has 5 rings (SSSR count). The fraction of sp³-hybridized carbons (Fsp3) is 0.321. The number of sulfonamides is 1. The Balaban J connectivity index is 1.36. The van der Waals surface area contributed by atoms with Crippen molar-refractivity contribution < 1.29 is 22.7 Å². The summed E-state index contributed by atoms with van der Waals surface area (Å²) < 4.78 is 38.8. The molecule has 37 heavy (non-hydrogen) atoms. The van der Waals surface area contributed by atoms with Gasteiger partial charge in [0.25, 0.3) is 0 Å². The van der Waals surface area contributed by atoms with Crippen molar-refractivity contribution in [3.63, 3.8) is 0 Å². The van der Waals surface area contributed by atoms with Crippen LogP contribution in [0.15, 0.2) is 77.7 Å². The van der Waals surface area contributed by atoms with Crippen LogP contribution in [0.3, 0.4) is 0 Å². The summed E-state index contributed by atoms with van der Waals surface area (Å²) in [6.45, 7) is 3.86. The van der Waals surface area contributed by atoms with E-state index in [0.717, 1.165) is 22.4 Å². The molecule has 0 aromatic heterocycles. The molecule has 2 saturated heterocycles. The predicted molar refractivity (Wildman–Crippen MR) is 143 cm³/mol. The predicted octanol–water partition coefficient (Wildman–Crippen LogP) is 3.39. The van der Waals surface area contributed by atoms with Crippen LogP contribution in [0.25, 0.3) is 11.1 Å². The van der Waals surface area contributed by atoms with Gasteiger partial charge in [-0.1, -0.05) is 54.6 Å². The Hall–Kier alpha value is -3.24. The van der Waals surface area contributed by atoms with Crippen molar-refractivity contribution in [2.24, 2.45) is 0 Å². The molecule has 2 aliphatic heterocycles. The summed E-state index contributed by atoms with van der Waals surface area (Å²) >= 11 is 0. The van der Waals surface area contributed by atoms with Crippen LogP contribution in [-0.4, -0.2) is 71.2 Å². The summed E-state index contributed by atoms with van der Waals surface area (Å²) in [5.74, 6) is -0.206. The van der Waals surface area contributed by atoms with E-state index in [4.69, 9.17) is 9.47 Å². The lowest BCUT2D eigenvalue weighted by molar-refractivity contribution is -0.115. The highest BCUT2D eigenvalue weighted by Crippen LogP contribution is 2.31. The minimum absolute atomic E-state index is 0.161. The van der Waals surface area contributed by atoms with Gasteiger partial charge < -0.3 is 19.7 Å². The van der Waals surface area contributed by atoms with Gasteiger partial charge >= 0.3 is 0 Å². The molecule has 0 bridgehead atoms. The third-order valence-corrected chi connectivity index (χ3v) is 8.52. The third kappa shape index (κ3) is 6.02. The number of nitrogens with one attached hydrogen (secondary N) is 1. The number of rotatable bonds is 7. The molecule has 194 valence electrons. The molecule has 2 aliphatic rings. The molecular formula is C28H31N3O5S. The SMILES string of the molecule is O=C(Cc1ccc(-c2ccccc2)cc1)Nc1cc(S(=O)(=O)N2CCOCC2)ccc1N1CCOCC1. The van der Waals surface area contributed by atoms with Crippen LogP contribution in [0, 0.1) is 0 Å². The monoisotopic (exact) mass is 521 g/mol. The maximum Gasteiger partial charge on any atom is 0.243 e. The van der Waals surface area contributed by atoms with E-state index >= 15 is 0 Å². The Labute approximate surface area is 217 Å². The molecule has 8 nitrogen and oxygen atoms in total. The summed E-state index contributed by atoms with van der Waals surface area (Å²) in [6, 6.07) is 23.0. The van der Waals surface area contributed by atoms with Gasteiger partial charge in [0.05, 0.1) is 49.1 Å². The van der Waals surface area contributed by atoms with E-state index in [1.165, 1.54) is 4.31 Å². The fourth-order valence-corrected chi connectivity index (χ4v) is 6.05. The molecule has 0 unspecified atom stereocenters. The van der Waals surface area contributed by atoms with Crippen molar-refractivity contribution in [2.45, 2.75) is 11.3 Å². The molecule has 1 amide bonds. The number of hydrogen-bond donors (Lipinski definition) is 1. The van der Waals surface area contributed by atoms with Crippen LogP contribution in [0.2, 0.25) is 0 Å². The molecule has 0 aliphatic carbocycles. The zero-order valence-electron chi connectivity index (χ0n) is 20.6. The number of benzene rings is 3. The first kappa shape index (κ1) is 25.4. The van der Waals surface area contributed by atoms with Crippen molar-refractivity contribution in [3.05, 3.63) is 78.4 Å². The molecule has 0 spiro atoms. The lowest BCUT2D eigenvalue weighted by atomic mass is 10.0. The minimum Gasteiger partial charge on any atom is -0.379 e. The normalized spacial score (nSPS) is 16.9. The van der Waals surface area contributed by atoms with Crippen molar-refractivity contribution in [1.82, 2.24) is 4.31 Å². The number of anilines is 2. The van der Waals surface area contributed by atoms with Gasteiger partial charge in [-0.2, -0.15) is 4.31 Å². The lowest BCUT2D eigenvalue weighted by Crippen LogP contribution is -2.40. The Morgan fingerprint density at radius 3 is 2.08 bits per heavy atom. The van der Waals surface area contributed by atoms with Crippen LogP contribution < -0.4 is 10.2 Å². The van der Waals surface area contributed by atoms with Gasteiger partial charge in [0.15, 0.2) is 0 Å². The summed E-state index contributed by atoms with van der Waals surface area (Å²) in [6.07, 6.45) is 0.179. The van der Waals surface area contributed by atoms with Gasteiger partial charge in [0.1, 0.15) is 0 Å². The van der Waals surface area contributed by atoms with E-state index in [-0.39, 0.29) is 17.2 Å². The van der Waals surface area contributed by atoms with E-state index in [0.29, 0.717) is 58.3 Å². The summed E-state index contributed by atoms with van der Waals surface area (Å²) in [7, 11) is -3.70. The second kappa shape index (κ2) is 11.4. The molecule has 0 radical (unpaired) electrons. The molecule has 3 aromatic rings. The van der Waals surface area contributed by atoms with Gasteiger partial charge in [-0.3, -0.25) is 4.79 Å². The highest BCUT2D eigenvalue weighted by molar-refractivity contribution is 7.89. The van der Waals surface area contributed by atoms with Crippen molar-refractivity contribution >= 4 is 27.3 Å². The van der Waals surface area contributed by atoms with Crippen LogP contribution in [0.4, 0.5) is 11.4 Å². The van der Waals surface area contributed by atoms with Gasteiger partial charge in [-0.25, -0.2) is 8.42 Å². The van der Waals surface area contributed by atoms with E-state index < -0.39 is 10.0 Å². The zero-order valence-corrected chi connectivity index (χ0v) is 21.5. The maximum absolute atomic E-state index is 13.3. The van der Waals surface area contributed by atoms with Crippen LogP contribution >= 0.6 is 0 Å². The molecule has 0 atom stereocenters. The first-order valence-electron chi connectivity index (χ1n) is 12.5. The van der Waals surface area contributed by atoms with Crippen molar-refractivity contribution in [3.8, 4) is 11.1 Å². The number of nitrogens with zero attached hydrogens (tertiary/aromatic N) is 2. The number of carbonyl (C=O) groups is 1. The zero-order chi connectivity index (χ0) is 25.7. The van der Waals surface area contributed by atoms with Gasteiger partial charge in [0, 0.05) is 26.2 Å². The Morgan fingerprint density at radius 1 is 0.784 bits per heavy atom. The van der Waals surface area contributed by atoms with Gasteiger partial charge in [0.2, 0.25) is 15.9 Å². The number of morpholine rings is 2. The highest BCUT2D eigenvalue weighted by atomic mass is 32.2. The first-order valence-corrected chi connectivity index (χ1v) is 13.9. The van der Waals surface area contributed by atoms with Crippen LogP contribution in [-0.2, 0) is 30.7 Å². The van der Waals surface area contributed by atoms with Gasteiger partial charge in [-0.15, -0.1) is 0 Å². The van der Waals surface area contributed by atoms with Crippen LogP contribution in [0.5, 0.6) is 0 Å². The smallest absolute Gasteiger partial charge is 0.243 e. The second-order valence-corrected chi connectivity index (χ2v) is 11.0. The third-order valence-electron chi connectivity index (χ3n) is 6.63. The minimum atomic E-state index is -3.70. The molecule has 0 saturated carbocycles. The summed E-state index contributed by atoms with van der Waals surface area (Å²) in [5, 5.41) is 2.99. The summed E-state index contributed by atoms with van der Waals surface area (Å²) in [5.41, 5.74) is 4.36. The standard InChI is InChI=1S/C28H31N3O5S/c32-28(20-22-6-8-24(9-7-22)23-4-2-1-3-5-23)29-26-21-25(37(33,34)31-14-18-36-19-15-31)10-11-27(26)30-12-16-35-17-13-30/h1-11,21H,12-20H2,(H,29,32). The van der Waals surface area contributed by atoms with Crippen molar-refractivity contribution in [1.29, 1.82) is 0 Å². The van der Waals surface area contributed by atoms with Gasteiger partial charge in [-0.05, 0) is 34.9 Å². The van der Waals surface area contributed by atoms with E-state index in [9.17, 15) is 13.2 Å². The average Bonchev–Trinajstić information content (AvgIpc) is 2.95.